The number of aromatic nitrogens is 3. The molecule has 3 aromatic heterocycles. The van der Waals surface area contributed by atoms with Crippen molar-refractivity contribution in [2.75, 3.05) is 20.1 Å². The molecule has 0 saturated carbocycles. The molecule has 4 rings (SSSR count). The average Bonchev–Trinajstić information content (AvgIpc) is 3.64. The number of pyridine rings is 1. The average molecular weight is 574 g/mol. The van der Waals surface area contributed by atoms with Crippen LogP contribution in [0.25, 0.3) is 5.65 Å². The van der Waals surface area contributed by atoms with Crippen LogP contribution >= 0.6 is 22.9 Å². The van der Waals surface area contributed by atoms with Crippen LogP contribution in [0.4, 0.5) is 0 Å². The van der Waals surface area contributed by atoms with E-state index >= 15 is 0 Å². The molecule has 39 heavy (non-hydrogen) atoms. The van der Waals surface area contributed by atoms with E-state index in [1.54, 1.807) is 46.3 Å². The molecule has 4 heterocycles. The highest BCUT2D eigenvalue weighted by Crippen LogP contribution is 2.35. The molecule has 0 spiro atoms. The Hall–Kier alpha value is -3.55. The van der Waals surface area contributed by atoms with Crippen molar-refractivity contribution in [2.45, 2.75) is 44.2 Å². The first-order chi connectivity index (χ1) is 18.7. The third-order valence-electron chi connectivity index (χ3n) is 6.63. The van der Waals surface area contributed by atoms with Crippen LogP contribution in [0.3, 0.4) is 0 Å². The number of rotatable bonds is 11. The van der Waals surface area contributed by atoms with Crippen molar-refractivity contribution in [3.63, 3.8) is 0 Å². The van der Waals surface area contributed by atoms with Gasteiger partial charge in [-0.3, -0.25) is 19.4 Å². The summed E-state index contributed by atoms with van der Waals surface area (Å²) in [6.45, 7) is 0.813. The second-order valence-corrected chi connectivity index (χ2v) is 10.8. The van der Waals surface area contributed by atoms with Crippen molar-refractivity contribution in [3.05, 3.63) is 51.3 Å². The number of ketones is 1. The largest absolute Gasteiger partial charge is 0.370 e. The number of unbranched alkanes of at least 4 members (excludes halogenated alkanes) is 1. The zero-order valence-corrected chi connectivity index (χ0v) is 23.1. The van der Waals surface area contributed by atoms with E-state index in [9.17, 15) is 14.4 Å². The van der Waals surface area contributed by atoms with E-state index in [1.165, 1.54) is 11.3 Å². The molecule has 1 aliphatic heterocycles. The standard InChI is InChI=1S/C25H32ClN9O3S/c1-30-22(37)14(4-2-3-7-31-25(28)29)8-20(36)18-13-39-23(33-18)19-9-16(27)11-35(19)24(38)17-12-34-10-15(26)5-6-21(34)32-17/h5-6,10,12-14,16,19H,2-4,7-9,11,27H2,1H3,(H,30,37)(H4,28,29,31)/t14-,16-,19-/m1/s1. The van der Waals surface area contributed by atoms with E-state index in [0.717, 1.165) is 0 Å². The Morgan fingerprint density at radius 1 is 1.21 bits per heavy atom. The van der Waals surface area contributed by atoms with Crippen LogP contribution in [-0.2, 0) is 4.79 Å². The quantitative estimate of drug-likeness (QED) is 0.115. The van der Waals surface area contributed by atoms with Gasteiger partial charge in [0.2, 0.25) is 5.91 Å². The number of Topliss-reactive ketones (excluding diaryl/α,β-unsaturated/α-hetero) is 1. The lowest BCUT2D eigenvalue weighted by molar-refractivity contribution is -0.124. The Balaban J connectivity index is 1.44. The third-order valence-corrected chi connectivity index (χ3v) is 7.79. The molecule has 1 saturated heterocycles. The molecule has 2 amide bonds. The number of imidazole rings is 1. The summed E-state index contributed by atoms with van der Waals surface area (Å²) in [5.74, 6) is -1.16. The number of guanidine groups is 1. The second kappa shape index (κ2) is 12.5. The number of halogens is 1. The van der Waals surface area contributed by atoms with E-state index in [1.807, 2.05) is 0 Å². The molecule has 1 fully saturated rings. The van der Waals surface area contributed by atoms with Gasteiger partial charge in [0.25, 0.3) is 5.91 Å². The maximum Gasteiger partial charge on any atom is 0.274 e. The van der Waals surface area contributed by atoms with E-state index < -0.39 is 5.92 Å². The smallest absolute Gasteiger partial charge is 0.274 e. The van der Waals surface area contributed by atoms with Crippen LogP contribution in [0.5, 0.6) is 0 Å². The van der Waals surface area contributed by atoms with Gasteiger partial charge in [0.05, 0.1) is 11.1 Å². The van der Waals surface area contributed by atoms with Crippen molar-refractivity contribution in [1.82, 2.24) is 24.6 Å². The van der Waals surface area contributed by atoms with Gasteiger partial charge in [-0.1, -0.05) is 18.0 Å². The molecule has 3 aromatic rings. The van der Waals surface area contributed by atoms with E-state index in [4.69, 9.17) is 28.8 Å². The zero-order chi connectivity index (χ0) is 28.1. The molecule has 14 heteroatoms. The van der Waals surface area contributed by atoms with E-state index in [0.29, 0.717) is 54.5 Å². The second-order valence-electron chi connectivity index (χ2n) is 9.52. The zero-order valence-electron chi connectivity index (χ0n) is 21.5. The molecule has 0 unspecified atom stereocenters. The summed E-state index contributed by atoms with van der Waals surface area (Å²) in [4.78, 5) is 53.5. The lowest BCUT2D eigenvalue weighted by atomic mass is 9.94. The maximum absolute atomic E-state index is 13.4. The highest BCUT2D eigenvalue weighted by atomic mass is 35.5. The van der Waals surface area contributed by atoms with Crippen molar-refractivity contribution in [2.24, 2.45) is 28.1 Å². The highest BCUT2D eigenvalue weighted by molar-refractivity contribution is 7.09. The number of hydrogen-bond donors (Lipinski definition) is 4. The fourth-order valence-electron chi connectivity index (χ4n) is 4.68. The van der Waals surface area contributed by atoms with Gasteiger partial charge in [0, 0.05) is 56.3 Å². The van der Waals surface area contributed by atoms with Gasteiger partial charge in [-0.05, 0) is 31.4 Å². The molecule has 0 aliphatic carbocycles. The Morgan fingerprint density at radius 3 is 2.74 bits per heavy atom. The summed E-state index contributed by atoms with van der Waals surface area (Å²) in [5.41, 5.74) is 18.1. The van der Waals surface area contributed by atoms with E-state index in [2.05, 4.69) is 20.3 Å². The van der Waals surface area contributed by atoms with Crippen molar-refractivity contribution >= 4 is 52.1 Å². The molecule has 208 valence electrons. The number of aliphatic imine (C=N–C) groups is 1. The predicted octanol–water partition coefficient (Wildman–Crippen LogP) is 1.74. The molecule has 3 atom stereocenters. The summed E-state index contributed by atoms with van der Waals surface area (Å²) in [6, 6.07) is 2.84. The topological polar surface area (TPSA) is 187 Å². The maximum atomic E-state index is 13.4. The van der Waals surface area contributed by atoms with Crippen LogP contribution in [-0.4, -0.2) is 69.0 Å². The molecular weight excluding hydrogens is 542 g/mol. The molecule has 7 N–H and O–H groups in total. The fraction of sp³-hybridized carbons (Fsp3) is 0.440. The van der Waals surface area contributed by atoms with Crippen LogP contribution in [0.2, 0.25) is 5.02 Å². The number of amides is 2. The van der Waals surface area contributed by atoms with Gasteiger partial charge in [-0.2, -0.15) is 0 Å². The molecular formula is C25H32ClN9O3S. The number of thiazole rings is 1. The lowest BCUT2D eigenvalue weighted by Gasteiger charge is -2.21. The minimum atomic E-state index is -0.492. The number of nitrogens with two attached hydrogens (primary N) is 3. The first-order valence-electron chi connectivity index (χ1n) is 12.6. The molecule has 0 radical (unpaired) electrons. The number of nitrogens with zero attached hydrogens (tertiary/aromatic N) is 5. The number of carbonyl (C=O) groups is 3. The highest BCUT2D eigenvalue weighted by Gasteiger charge is 2.38. The monoisotopic (exact) mass is 573 g/mol. The van der Waals surface area contributed by atoms with Gasteiger partial charge in [0.15, 0.2) is 11.7 Å². The lowest BCUT2D eigenvalue weighted by Crippen LogP contribution is -2.33. The number of hydrogen-bond acceptors (Lipinski definition) is 8. The Kier molecular flexibility index (Phi) is 9.15. The van der Waals surface area contributed by atoms with Crippen molar-refractivity contribution in [3.8, 4) is 0 Å². The van der Waals surface area contributed by atoms with Crippen molar-refractivity contribution in [1.29, 1.82) is 0 Å². The Bertz CT molecular complexity index is 1380. The molecule has 0 aromatic carbocycles. The third kappa shape index (κ3) is 6.91. The van der Waals surface area contributed by atoms with Gasteiger partial charge in [-0.15, -0.1) is 11.3 Å². The molecule has 0 bridgehead atoms. The summed E-state index contributed by atoms with van der Waals surface area (Å²) >= 11 is 7.37. The van der Waals surface area contributed by atoms with E-state index in [-0.39, 0.29) is 53.4 Å². The minimum absolute atomic E-state index is 0.0270. The summed E-state index contributed by atoms with van der Waals surface area (Å²) < 4.78 is 1.70. The summed E-state index contributed by atoms with van der Waals surface area (Å²) in [7, 11) is 1.55. The normalized spacial score (nSPS) is 17.8. The molecule has 1 aliphatic rings. The first-order valence-corrected chi connectivity index (χ1v) is 13.9. The van der Waals surface area contributed by atoms with Gasteiger partial charge < -0.3 is 31.8 Å². The Morgan fingerprint density at radius 2 is 2.00 bits per heavy atom. The summed E-state index contributed by atoms with van der Waals surface area (Å²) in [5, 5.41) is 5.47. The van der Waals surface area contributed by atoms with Crippen LogP contribution in [0.15, 0.2) is 34.9 Å². The van der Waals surface area contributed by atoms with Gasteiger partial charge in [-0.25, -0.2) is 9.97 Å². The minimum Gasteiger partial charge on any atom is -0.370 e. The number of nitrogens with one attached hydrogen (secondary N) is 1. The van der Waals surface area contributed by atoms with Crippen LogP contribution in [0.1, 0.15) is 64.1 Å². The van der Waals surface area contributed by atoms with Crippen LogP contribution < -0.4 is 22.5 Å². The fourth-order valence-corrected chi connectivity index (χ4v) is 5.80. The number of carbonyl (C=O) groups excluding carboxylic acids is 3. The first kappa shape index (κ1) is 28.5. The predicted molar refractivity (Wildman–Crippen MR) is 150 cm³/mol. The van der Waals surface area contributed by atoms with Crippen LogP contribution in [0, 0.1) is 5.92 Å². The SMILES string of the molecule is CNC(=O)[C@H](CCCCN=C(N)N)CC(=O)c1csc([C@H]2C[C@@H](N)CN2C(=O)c2cn3cc(Cl)ccc3n2)n1. The van der Waals surface area contributed by atoms with Gasteiger partial charge >= 0.3 is 0 Å². The molecule has 12 nitrogen and oxygen atoms in total. The van der Waals surface area contributed by atoms with Crippen molar-refractivity contribution < 1.29 is 14.4 Å². The number of likely N-dealkylation sites (tertiary alicyclic amines) is 1. The number of fused-ring (bicyclic) bond motifs is 1. The summed E-state index contributed by atoms with van der Waals surface area (Å²) in [6.07, 6.45) is 5.78. The van der Waals surface area contributed by atoms with Gasteiger partial charge in [0.1, 0.15) is 22.0 Å². The Labute approximate surface area is 234 Å².